The molecular weight excluding hydrogens is 216 g/mol. The minimum atomic E-state index is -0.177. The van der Waals surface area contributed by atoms with Crippen molar-refractivity contribution >= 4 is 17.1 Å². The van der Waals surface area contributed by atoms with E-state index in [1.807, 2.05) is 32.1 Å². The van der Waals surface area contributed by atoms with Crippen molar-refractivity contribution in [2.75, 3.05) is 0 Å². The van der Waals surface area contributed by atoms with Gasteiger partial charge in [0.1, 0.15) is 5.78 Å². The third-order valence-electron chi connectivity index (χ3n) is 2.73. The van der Waals surface area contributed by atoms with Gasteiger partial charge in [0.15, 0.2) is 0 Å². The second-order valence-corrected chi connectivity index (χ2v) is 6.50. The number of Topliss-reactive ketones (excluding diaryl/α,β-unsaturated/α-hetero) is 1. The number of rotatable bonds is 5. The Labute approximate surface area is 103 Å². The number of carbonyl (C=O) groups excluding carboxylic acids is 1. The summed E-state index contributed by atoms with van der Waals surface area (Å²) < 4.78 is 0. The average molecular weight is 238 g/mol. The van der Waals surface area contributed by atoms with Gasteiger partial charge in [0.05, 0.1) is 0 Å². The molecule has 2 heteroatoms. The highest BCUT2D eigenvalue weighted by Gasteiger charge is 2.20. The molecule has 0 radical (unpaired) electrons. The maximum absolute atomic E-state index is 11.7. The maximum atomic E-state index is 11.7. The Hall–Kier alpha value is -0.630. The van der Waals surface area contributed by atoms with E-state index in [0.29, 0.717) is 12.2 Å². The second kappa shape index (κ2) is 5.62. The standard InChI is InChI=1S/C14H22OS/c1-5-11-9-10-12(16-11)7-6-8-13(15)14(2,3)4/h9-10H,5-8H2,1-4H3. The normalized spacial score (nSPS) is 11.8. The highest BCUT2D eigenvalue weighted by molar-refractivity contribution is 7.11. The van der Waals surface area contributed by atoms with E-state index in [0.717, 1.165) is 19.3 Å². The fourth-order valence-electron chi connectivity index (χ4n) is 1.54. The number of aryl methyl sites for hydroxylation is 2. The SMILES string of the molecule is CCc1ccc(CCCC(=O)C(C)(C)C)s1. The van der Waals surface area contributed by atoms with Crippen LogP contribution in [0.5, 0.6) is 0 Å². The molecule has 0 amide bonds. The van der Waals surface area contributed by atoms with Crippen LogP contribution in [0.4, 0.5) is 0 Å². The van der Waals surface area contributed by atoms with Crippen LogP contribution in [0.3, 0.4) is 0 Å². The summed E-state index contributed by atoms with van der Waals surface area (Å²) in [4.78, 5) is 14.6. The first-order valence-corrected chi connectivity index (χ1v) is 6.86. The summed E-state index contributed by atoms with van der Waals surface area (Å²) in [6.07, 6.45) is 3.86. The molecule has 16 heavy (non-hydrogen) atoms. The first-order chi connectivity index (χ1) is 7.43. The Morgan fingerprint density at radius 2 is 1.88 bits per heavy atom. The molecule has 0 aromatic carbocycles. The van der Waals surface area contributed by atoms with Gasteiger partial charge >= 0.3 is 0 Å². The zero-order chi connectivity index (χ0) is 12.2. The molecule has 0 saturated heterocycles. The van der Waals surface area contributed by atoms with Gasteiger partial charge in [-0.2, -0.15) is 0 Å². The van der Waals surface area contributed by atoms with Gasteiger partial charge in [-0.15, -0.1) is 11.3 Å². The molecule has 90 valence electrons. The largest absolute Gasteiger partial charge is 0.299 e. The predicted molar refractivity (Wildman–Crippen MR) is 71.1 cm³/mol. The first-order valence-electron chi connectivity index (χ1n) is 6.04. The van der Waals surface area contributed by atoms with E-state index in [-0.39, 0.29) is 5.41 Å². The minimum Gasteiger partial charge on any atom is -0.299 e. The van der Waals surface area contributed by atoms with Crippen molar-refractivity contribution in [2.24, 2.45) is 5.41 Å². The van der Waals surface area contributed by atoms with Crippen LogP contribution < -0.4 is 0 Å². The molecule has 0 aliphatic carbocycles. The predicted octanol–water partition coefficient (Wildman–Crippen LogP) is 4.25. The van der Waals surface area contributed by atoms with Crippen LogP contribution in [0.25, 0.3) is 0 Å². The van der Waals surface area contributed by atoms with Crippen LogP contribution in [0.2, 0.25) is 0 Å². The lowest BCUT2D eigenvalue weighted by molar-refractivity contribution is -0.126. The van der Waals surface area contributed by atoms with Crippen LogP contribution in [0, 0.1) is 5.41 Å². The zero-order valence-electron chi connectivity index (χ0n) is 10.8. The first kappa shape index (κ1) is 13.4. The molecule has 0 bridgehead atoms. The average Bonchev–Trinajstić information content (AvgIpc) is 2.64. The molecular formula is C14H22OS. The van der Waals surface area contributed by atoms with Gasteiger partial charge in [0.2, 0.25) is 0 Å². The molecule has 0 saturated carbocycles. The molecule has 1 aromatic heterocycles. The Morgan fingerprint density at radius 1 is 1.25 bits per heavy atom. The molecule has 0 fully saturated rings. The maximum Gasteiger partial charge on any atom is 0.138 e. The summed E-state index contributed by atoms with van der Waals surface area (Å²) in [6, 6.07) is 4.40. The van der Waals surface area contributed by atoms with Gasteiger partial charge in [-0.25, -0.2) is 0 Å². The topological polar surface area (TPSA) is 17.1 Å². The van der Waals surface area contributed by atoms with Crippen LogP contribution in [-0.4, -0.2) is 5.78 Å². The molecule has 1 rings (SSSR count). The number of ketones is 1. The van der Waals surface area contributed by atoms with Gasteiger partial charge in [0, 0.05) is 21.6 Å². The third-order valence-corrected chi connectivity index (χ3v) is 4.02. The van der Waals surface area contributed by atoms with Crippen molar-refractivity contribution in [2.45, 2.75) is 53.4 Å². The fraction of sp³-hybridized carbons (Fsp3) is 0.643. The van der Waals surface area contributed by atoms with Gasteiger partial charge in [-0.3, -0.25) is 4.79 Å². The van der Waals surface area contributed by atoms with E-state index in [1.54, 1.807) is 0 Å². The molecule has 1 aromatic rings. The summed E-state index contributed by atoms with van der Waals surface area (Å²) in [5.41, 5.74) is -0.177. The molecule has 0 N–H and O–H groups in total. The van der Waals surface area contributed by atoms with Crippen molar-refractivity contribution in [1.29, 1.82) is 0 Å². The lowest BCUT2D eigenvalue weighted by Gasteiger charge is -2.15. The molecule has 0 unspecified atom stereocenters. The lowest BCUT2D eigenvalue weighted by Crippen LogP contribution is -2.19. The van der Waals surface area contributed by atoms with Crippen LogP contribution in [0.1, 0.15) is 50.3 Å². The summed E-state index contributed by atoms with van der Waals surface area (Å²) in [6.45, 7) is 8.17. The molecule has 0 atom stereocenters. The Morgan fingerprint density at radius 3 is 2.38 bits per heavy atom. The second-order valence-electron chi connectivity index (χ2n) is 5.25. The number of thiophene rings is 1. The Balaban J connectivity index is 2.33. The van der Waals surface area contributed by atoms with Crippen LogP contribution in [-0.2, 0) is 17.6 Å². The number of carbonyl (C=O) groups is 1. The zero-order valence-corrected chi connectivity index (χ0v) is 11.6. The monoisotopic (exact) mass is 238 g/mol. The van der Waals surface area contributed by atoms with Gasteiger partial charge in [0.25, 0.3) is 0 Å². The van der Waals surface area contributed by atoms with E-state index < -0.39 is 0 Å². The quantitative estimate of drug-likeness (QED) is 0.749. The highest BCUT2D eigenvalue weighted by atomic mass is 32.1. The van der Waals surface area contributed by atoms with Crippen molar-refractivity contribution in [3.63, 3.8) is 0 Å². The van der Waals surface area contributed by atoms with E-state index in [2.05, 4.69) is 19.1 Å². The van der Waals surface area contributed by atoms with Gasteiger partial charge in [-0.1, -0.05) is 27.7 Å². The summed E-state index contributed by atoms with van der Waals surface area (Å²) in [5, 5.41) is 0. The van der Waals surface area contributed by atoms with Crippen LogP contribution in [0.15, 0.2) is 12.1 Å². The van der Waals surface area contributed by atoms with Crippen molar-refractivity contribution in [1.82, 2.24) is 0 Å². The van der Waals surface area contributed by atoms with Crippen molar-refractivity contribution in [3.05, 3.63) is 21.9 Å². The van der Waals surface area contributed by atoms with Crippen LogP contribution >= 0.6 is 11.3 Å². The van der Waals surface area contributed by atoms with E-state index in [1.165, 1.54) is 9.75 Å². The molecule has 1 heterocycles. The highest BCUT2D eigenvalue weighted by Crippen LogP contribution is 2.21. The van der Waals surface area contributed by atoms with E-state index in [9.17, 15) is 4.79 Å². The number of hydrogen-bond acceptors (Lipinski definition) is 2. The van der Waals surface area contributed by atoms with Gasteiger partial charge < -0.3 is 0 Å². The molecule has 0 aliphatic heterocycles. The van der Waals surface area contributed by atoms with Gasteiger partial charge in [-0.05, 0) is 31.4 Å². The Kier molecular flexibility index (Phi) is 4.72. The van der Waals surface area contributed by atoms with E-state index >= 15 is 0 Å². The van der Waals surface area contributed by atoms with Crippen molar-refractivity contribution < 1.29 is 4.79 Å². The smallest absolute Gasteiger partial charge is 0.138 e. The molecule has 1 nitrogen and oxygen atoms in total. The lowest BCUT2D eigenvalue weighted by atomic mass is 9.88. The summed E-state index contributed by atoms with van der Waals surface area (Å²) in [7, 11) is 0. The summed E-state index contributed by atoms with van der Waals surface area (Å²) in [5.74, 6) is 0.375. The molecule has 0 aliphatic rings. The van der Waals surface area contributed by atoms with Crippen molar-refractivity contribution in [3.8, 4) is 0 Å². The fourth-order valence-corrected chi connectivity index (χ4v) is 2.54. The van der Waals surface area contributed by atoms with E-state index in [4.69, 9.17) is 0 Å². The summed E-state index contributed by atoms with van der Waals surface area (Å²) >= 11 is 1.88. The number of hydrogen-bond donors (Lipinski definition) is 0. The minimum absolute atomic E-state index is 0.177. The molecule has 0 spiro atoms. The Bertz CT molecular complexity index is 344. The third kappa shape index (κ3) is 4.09.